The molecule has 2 aromatic carbocycles. The molecule has 0 saturated carbocycles. The van der Waals surface area contributed by atoms with Crippen LogP contribution in [0, 0.1) is 0 Å². The van der Waals surface area contributed by atoms with Crippen LogP contribution in [0.1, 0.15) is 5.56 Å². The Morgan fingerprint density at radius 2 is 1.62 bits per heavy atom. The Kier molecular flexibility index (Phi) is 3.57. The van der Waals surface area contributed by atoms with E-state index in [2.05, 4.69) is 6.07 Å². The molecule has 0 saturated heterocycles. The standard InChI is InChI=1S/C14H15NO/c15-10-9-12-5-4-8-14(11-12)16-13-6-2-1-3-7-13/h1-8,11H,9-10,15H2. The monoisotopic (exact) mass is 213 g/mol. The van der Waals surface area contributed by atoms with E-state index < -0.39 is 0 Å². The molecule has 0 fully saturated rings. The molecule has 0 radical (unpaired) electrons. The molecule has 0 atom stereocenters. The molecule has 0 heterocycles. The molecule has 0 aliphatic carbocycles. The summed E-state index contributed by atoms with van der Waals surface area (Å²) >= 11 is 0. The van der Waals surface area contributed by atoms with Gasteiger partial charge in [-0.25, -0.2) is 0 Å². The summed E-state index contributed by atoms with van der Waals surface area (Å²) in [5.74, 6) is 1.71. The smallest absolute Gasteiger partial charge is 0.127 e. The molecule has 0 aliphatic rings. The Bertz CT molecular complexity index is 439. The zero-order valence-electron chi connectivity index (χ0n) is 9.10. The van der Waals surface area contributed by atoms with Crippen LogP contribution in [0.4, 0.5) is 0 Å². The van der Waals surface area contributed by atoms with Gasteiger partial charge in [0.1, 0.15) is 11.5 Å². The maximum Gasteiger partial charge on any atom is 0.127 e. The second kappa shape index (κ2) is 5.33. The number of rotatable bonds is 4. The van der Waals surface area contributed by atoms with Crippen molar-refractivity contribution in [3.8, 4) is 11.5 Å². The van der Waals surface area contributed by atoms with Gasteiger partial charge in [0, 0.05) is 0 Å². The summed E-state index contributed by atoms with van der Waals surface area (Å²) in [6, 6.07) is 17.8. The molecular formula is C14H15NO. The van der Waals surface area contributed by atoms with Crippen LogP contribution in [0.15, 0.2) is 54.6 Å². The van der Waals surface area contributed by atoms with E-state index in [4.69, 9.17) is 10.5 Å². The Hall–Kier alpha value is -1.80. The van der Waals surface area contributed by atoms with Gasteiger partial charge in [-0.1, -0.05) is 30.3 Å². The van der Waals surface area contributed by atoms with Crippen LogP contribution in [-0.4, -0.2) is 6.54 Å². The van der Waals surface area contributed by atoms with Gasteiger partial charge < -0.3 is 10.5 Å². The molecular weight excluding hydrogens is 198 g/mol. The van der Waals surface area contributed by atoms with Gasteiger partial charge in [0.15, 0.2) is 0 Å². The zero-order valence-corrected chi connectivity index (χ0v) is 9.10. The van der Waals surface area contributed by atoms with Crippen LogP contribution in [0.25, 0.3) is 0 Å². The van der Waals surface area contributed by atoms with Gasteiger partial charge in [-0.05, 0) is 42.8 Å². The summed E-state index contributed by atoms with van der Waals surface area (Å²) in [4.78, 5) is 0. The maximum absolute atomic E-state index is 5.72. The Labute approximate surface area is 95.7 Å². The summed E-state index contributed by atoms with van der Waals surface area (Å²) in [5.41, 5.74) is 6.73. The van der Waals surface area contributed by atoms with Crippen LogP contribution in [-0.2, 0) is 6.42 Å². The van der Waals surface area contributed by atoms with Crippen molar-refractivity contribution in [2.75, 3.05) is 6.54 Å². The largest absolute Gasteiger partial charge is 0.457 e. The van der Waals surface area contributed by atoms with E-state index in [-0.39, 0.29) is 0 Å². The molecule has 0 bridgehead atoms. The fourth-order valence-electron chi connectivity index (χ4n) is 1.56. The predicted octanol–water partition coefficient (Wildman–Crippen LogP) is 2.98. The second-order valence-electron chi connectivity index (χ2n) is 3.60. The molecule has 16 heavy (non-hydrogen) atoms. The van der Waals surface area contributed by atoms with Crippen LogP contribution >= 0.6 is 0 Å². The van der Waals surface area contributed by atoms with Gasteiger partial charge in [-0.15, -0.1) is 0 Å². The Balaban J connectivity index is 2.12. The molecule has 0 amide bonds. The normalized spacial score (nSPS) is 10.1. The predicted molar refractivity (Wildman–Crippen MR) is 65.7 cm³/mol. The van der Waals surface area contributed by atoms with Gasteiger partial charge in [0.05, 0.1) is 0 Å². The van der Waals surface area contributed by atoms with E-state index in [9.17, 15) is 0 Å². The van der Waals surface area contributed by atoms with E-state index in [0.29, 0.717) is 6.54 Å². The van der Waals surface area contributed by atoms with Gasteiger partial charge >= 0.3 is 0 Å². The van der Waals surface area contributed by atoms with Crippen molar-refractivity contribution in [2.45, 2.75) is 6.42 Å². The first kappa shape index (κ1) is 10.7. The first-order valence-electron chi connectivity index (χ1n) is 5.40. The molecule has 2 nitrogen and oxygen atoms in total. The van der Waals surface area contributed by atoms with Crippen LogP contribution in [0.2, 0.25) is 0 Å². The highest BCUT2D eigenvalue weighted by atomic mass is 16.5. The lowest BCUT2D eigenvalue weighted by Crippen LogP contribution is -2.02. The van der Waals surface area contributed by atoms with Crippen molar-refractivity contribution in [1.29, 1.82) is 0 Å². The SMILES string of the molecule is NCCc1cccc(Oc2ccccc2)c1. The minimum atomic E-state index is 0.661. The van der Waals surface area contributed by atoms with Crippen molar-refractivity contribution in [2.24, 2.45) is 5.73 Å². The van der Waals surface area contributed by atoms with E-state index in [1.165, 1.54) is 5.56 Å². The van der Waals surface area contributed by atoms with Crippen molar-refractivity contribution < 1.29 is 4.74 Å². The minimum absolute atomic E-state index is 0.661. The molecule has 2 aromatic rings. The van der Waals surface area contributed by atoms with Crippen molar-refractivity contribution in [3.05, 3.63) is 60.2 Å². The quantitative estimate of drug-likeness (QED) is 0.847. The van der Waals surface area contributed by atoms with E-state index >= 15 is 0 Å². The van der Waals surface area contributed by atoms with E-state index in [0.717, 1.165) is 17.9 Å². The summed E-state index contributed by atoms with van der Waals surface area (Å²) in [5, 5.41) is 0. The van der Waals surface area contributed by atoms with Crippen molar-refractivity contribution >= 4 is 0 Å². The summed E-state index contributed by atoms with van der Waals surface area (Å²) < 4.78 is 5.72. The van der Waals surface area contributed by atoms with Crippen molar-refractivity contribution in [1.82, 2.24) is 0 Å². The van der Waals surface area contributed by atoms with Gasteiger partial charge in [0.2, 0.25) is 0 Å². The molecule has 2 N–H and O–H groups in total. The molecule has 0 aliphatic heterocycles. The molecule has 0 unspecified atom stereocenters. The van der Waals surface area contributed by atoms with Crippen molar-refractivity contribution in [3.63, 3.8) is 0 Å². The van der Waals surface area contributed by atoms with Crippen LogP contribution in [0.5, 0.6) is 11.5 Å². The molecule has 2 rings (SSSR count). The number of benzene rings is 2. The topological polar surface area (TPSA) is 35.2 Å². The third-order valence-corrected chi connectivity index (χ3v) is 2.31. The van der Waals surface area contributed by atoms with Gasteiger partial charge in [-0.3, -0.25) is 0 Å². The summed E-state index contributed by atoms with van der Waals surface area (Å²) in [6.45, 7) is 0.661. The highest BCUT2D eigenvalue weighted by Crippen LogP contribution is 2.21. The average molecular weight is 213 g/mol. The van der Waals surface area contributed by atoms with Gasteiger partial charge in [0.25, 0.3) is 0 Å². The summed E-state index contributed by atoms with van der Waals surface area (Å²) in [6.07, 6.45) is 0.881. The fourth-order valence-corrected chi connectivity index (χ4v) is 1.56. The van der Waals surface area contributed by atoms with Crippen LogP contribution < -0.4 is 10.5 Å². The van der Waals surface area contributed by atoms with Gasteiger partial charge in [-0.2, -0.15) is 0 Å². The summed E-state index contributed by atoms with van der Waals surface area (Å²) in [7, 11) is 0. The lowest BCUT2D eigenvalue weighted by Gasteiger charge is -2.06. The number of nitrogens with two attached hydrogens (primary N) is 1. The number of hydrogen-bond acceptors (Lipinski definition) is 2. The number of hydrogen-bond donors (Lipinski definition) is 1. The van der Waals surface area contributed by atoms with Crippen LogP contribution in [0.3, 0.4) is 0 Å². The lowest BCUT2D eigenvalue weighted by atomic mass is 10.1. The minimum Gasteiger partial charge on any atom is -0.457 e. The fraction of sp³-hybridized carbons (Fsp3) is 0.143. The Morgan fingerprint density at radius 3 is 2.38 bits per heavy atom. The average Bonchev–Trinajstić information content (AvgIpc) is 2.31. The Morgan fingerprint density at radius 1 is 0.875 bits per heavy atom. The highest BCUT2D eigenvalue weighted by Gasteiger charge is 1.97. The number of ether oxygens (including phenoxy) is 1. The van der Waals surface area contributed by atoms with E-state index in [1.807, 2.05) is 48.5 Å². The third-order valence-electron chi connectivity index (χ3n) is 2.31. The zero-order chi connectivity index (χ0) is 11.2. The molecule has 0 aromatic heterocycles. The molecule has 0 spiro atoms. The molecule has 2 heteroatoms. The first-order valence-corrected chi connectivity index (χ1v) is 5.40. The maximum atomic E-state index is 5.72. The third kappa shape index (κ3) is 2.84. The highest BCUT2D eigenvalue weighted by molar-refractivity contribution is 5.33. The number of para-hydroxylation sites is 1. The second-order valence-corrected chi connectivity index (χ2v) is 3.60. The molecule has 82 valence electrons. The van der Waals surface area contributed by atoms with E-state index in [1.54, 1.807) is 0 Å². The lowest BCUT2D eigenvalue weighted by molar-refractivity contribution is 0.482. The first-order chi connectivity index (χ1) is 7.88.